The number of allylic oxidation sites excluding steroid dienone is 2. The first-order chi connectivity index (χ1) is 21.7. The fourth-order valence-corrected chi connectivity index (χ4v) is 6.54. The van der Waals surface area contributed by atoms with Gasteiger partial charge in [0.15, 0.2) is 17.5 Å². The van der Waals surface area contributed by atoms with Crippen molar-refractivity contribution >= 4 is 11.4 Å². The molecule has 44 heavy (non-hydrogen) atoms. The van der Waals surface area contributed by atoms with Crippen molar-refractivity contribution in [3.05, 3.63) is 163 Å². The van der Waals surface area contributed by atoms with Crippen LogP contribution in [0.15, 0.2) is 158 Å². The fraction of sp³-hybridized carbons (Fsp3) is 0.0750. The summed E-state index contributed by atoms with van der Waals surface area (Å²) in [6.45, 7) is 2.33. The molecule has 0 N–H and O–H groups in total. The van der Waals surface area contributed by atoms with Gasteiger partial charge in [0.05, 0.1) is 5.54 Å². The molecule has 5 aromatic carbocycles. The lowest BCUT2D eigenvalue weighted by molar-refractivity contribution is 0.542. The first kappa shape index (κ1) is 26.1. The van der Waals surface area contributed by atoms with Gasteiger partial charge in [-0.1, -0.05) is 140 Å². The van der Waals surface area contributed by atoms with Crippen LogP contribution in [-0.2, 0) is 0 Å². The van der Waals surface area contributed by atoms with Crippen molar-refractivity contribution in [2.75, 3.05) is 4.90 Å². The monoisotopic (exact) mass is 566 g/mol. The van der Waals surface area contributed by atoms with Crippen molar-refractivity contribution in [1.29, 1.82) is 0 Å². The summed E-state index contributed by atoms with van der Waals surface area (Å²) in [5, 5.41) is 0. The molecule has 0 saturated heterocycles. The van der Waals surface area contributed by atoms with Crippen LogP contribution in [0.5, 0.6) is 0 Å². The number of hydrogen-bond donors (Lipinski definition) is 0. The van der Waals surface area contributed by atoms with Crippen LogP contribution in [0.3, 0.4) is 0 Å². The molecular formula is C40H30N4. The summed E-state index contributed by atoms with van der Waals surface area (Å²) < 4.78 is 0. The van der Waals surface area contributed by atoms with Crippen molar-refractivity contribution in [2.24, 2.45) is 0 Å². The van der Waals surface area contributed by atoms with Gasteiger partial charge in [0, 0.05) is 34.0 Å². The van der Waals surface area contributed by atoms with Gasteiger partial charge < -0.3 is 4.90 Å². The Morgan fingerprint density at radius 3 is 1.57 bits per heavy atom. The molecule has 0 spiro atoms. The first-order valence-corrected chi connectivity index (χ1v) is 15.0. The van der Waals surface area contributed by atoms with E-state index in [1.54, 1.807) is 0 Å². The predicted molar refractivity (Wildman–Crippen MR) is 180 cm³/mol. The molecule has 0 bridgehead atoms. The molecule has 0 amide bonds. The molecule has 0 radical (unpaired) electrons. The highest BCUT2D eigenvalue weighted by atomic mass is 15.2. The largest absolute Gasteiger partial charge is 0.331 e. The molecule has 0 saturated carbocycles. The van der Waals surface area contributed by atoms with Crippen LogP contribution >= 0.6 is 0 Å². The maximum atomic E-state index is 4.88. The second-order valence-electron chi connectivity index (χ2n) is 11.5. The van der Waals surface area contributed by atoms with E-state index in [1.165, 1.54) is 22.5 Å². The minimum absolute atomic E-state index is 0.136. The van der Waals surface area contributed by atoms with Gasteiger partial charge in [-0.25, -0.2) is 15.0 Å². The van der Waals surface area contributed by atoms with Crippen LogP contribution in [0.25, 0.3) is 45.3 Å². The lowest BCUT2D eigenvalue weighted by Gasteiger charge is -2.39. The van der Waals surface area contributed by atoms with Crippen molar-refractivity contribution in [3.63, 3.8) is 0 Å². The van der Waals surface area contributed by atoms with Crippen LogP contribution in [-0.4, -0.2) is 20.5 Å². The molecule has 210 valence electrons. The Labute approximate surface area is 257 Å². The highest BCUT2D eigenvalue weighted by molar-refractivity contribution is 5.79. The third-order valence-electron chi connectivity index (χ3n) is 8.77. The smallest absolute Gasteiger partial charge is 0.164 e. The molecule has 2 atom stereocenters. The van der Waals surface area contributed by atoms with Crippen LogP contribution in [0.1, 0.15) is 18.4 Å². The average Bonchev–Trinajstić information content (AvgIpc) is 3.37. The van der Waals surface area contributed by atoms with Crippen molar-refractivity contribution < 1.29 is 0 Å². The van der Waals surface area contributed by atoms with E-state index < -0.39 is 0 Å². The van der Waals surface area contributed by atoms with E-state index in [9.17, 15) is 0 Å². The van der Waals surface area contributed by atoms with E-state index in [2.05, 4.69) is 109 Å². The minimum atomic E-state index is -0.136. The van der Waals surface area contributed by atoms with Gasteiger partial charge in [-0.05, 0) is 41.8 Å². The Kier molecular flexibility index (Phi) is 6.27. The number of anilines is 2. The standard InChI is InChI=1S/C40H30N4/c1-40-27-11-10-17-35(40)34-16-8-9-18-36(34)44(40)33-25-23-29(24-26-33)28-19-21-32(22-20-28)39-42-37(30-12-4-2-5-13-30)41-38(43-39)31-14-6-3-7-15-31/h2-27,35H,1H3. The Morgan fingerprint density at radius 2 is 0.977 bits per heavy atom. The number of para-hydroxylation sites is 1. The maximum Gasteiger partial charge on any atom is 0.164 e. The van der Waals surface area contributed by atoms with Gasteiger partial charge in [-0.3, -0.25) is 0 Å². The molecule has 4 heteroatoms. The second kappa shape index (κ2) is 10.6. The zero-order valence-electron chi connectivity index (χ0n) is 24.4. The van der Waals surface area contributed by atoms with Gasteiger partial charge in [0.2, 0.25) is 0 Å². The van der Waals surface area contributed by atoms with Crippen molar-refractivity contribution in [3.8, 4) is 45.3 Å². The minimum Gasteiger partial charge on any atom is -0.331 e. The van der Waals surface area contributed by atoms with E-state index in [0.717, 1.165) is 22.3 Å². The predicted octanol–water partition coefficient (Wildman–Crippen LogP) is 9.66. The van der Waals surface area contributed by atoms with Gasteiger partial charge in [0.25, 0.3) is 0 Å². The third-order valence-corrected chi connectivity index (χ3v) is 8.77. The number of aromatic nitrogens is 3. The molecule has 1 aromatic heterocycles. The van der Waals surface area contributed by atoms with Crippen LogP contribution in [0, 0.1) is 0 Å². The zero-order valence-corrected chi connectivity index (χ0v) is 24.4. The Hall–Kier alpha value is -5.61. The summed E-state index contributed by atoms with van der Waals surface area (Å²) >= 11 is 0. The first-order valence-electron chi connectivity index (χ1n) is 15.0. The van der Waals surface area contributed by atoms with E-state index in [4.69, 9.17) is 15.0 Å². The summed E-state index contributed by atoms with van der Waals surface area (Å²) in [5.74, 6) is 2.31. The van der Waals surface area contributed by atoms with Gasteiger partial charge >= 0.3 is 0 Å². The molecule has 0 fully saturated rings. The summed E-state index contributed by atoms with van der Waals surface area (Å²) in [6.07, 6.45) is 9.00. The van der Waals surface area contributed by atoms with Crippen molar-refractivity contribution in [1.82, 2.24) is 15.0 Å². The van der Waals surface area contributed by atoms with E-state index in [0.29, 0.717) is 23.4 Å². The van der Waals surface area contributed by atoms with Crippen LogP contribution in [0.2, 0.25) is 0 Å². The number of benzene rings is 5. The highest BCUT2D eigenvalue weighted by Crippen LogP contribution is 2.53. The summed E-state index contributed by atoms with van der Waals surface area (Å²) in [5.41, 5.74) is 8.89. The SMILES string of the molecule is CC12C=CC=CC1c1ccccc1N2c1ccc(-c2ccc(-c3nc(-c4ccccc4)nc(-c4ccccc4)n3)cc2)cc1. The normalized spacial score (nSPS) is 18.2. The molecule has 2 aliphatic rings. The van der Waals surface area contributed by atoms with Gasteiger partial charge in [-0.2, -0.15) is 0 Å². The average molecular weight is 567 g/mol. The van der Waals surface area contributed by atoms with E-state index >= 15 is 0 Å². The molecule has 2 unspecified atom stereocenters. The molecule has 2 heterocycles. The van der Waals surface area contributed by atoms with Crippen molar-refractivity contribution in [2.45, 2.75) is 18.4 Å². The van der Waals surface area contributed by atoms with Gasteiger partial charge in [0.1, 0.15) is 0 Å². The molecule has 1 aliphatic heterocycles. The molecule has 4 nitrogen and oxygen atoms in total. The number of rotatable bonds is 5. The lowest BCUT2D eigenvalue weighted by Crippen LogP contribution is -2.41. The molecule has 1 aliphatic carbocycles. The summed E-state index contributed by atoms with van der Waals surface area (Å²) in [4.78, 5) is 17.1. The summed E-state index contributed by atoms with van der Waals surface area (Å²) in [6, 6.07) is 46.3. The second-order valence-corrected chi connectivity index (χ2v) is 11.5. The number of fused-ring (bicyclic) bond motifs is 3. The Bertz CT molecular complexity index is 1960. The van der Waals surface area contributed by atoms with Crippen LogP contribution < -0.4 is 4.90 Å². The maximum absolute atomic E-state index is 4.88. The molecular weight excluding hydrogens is 536 g/mol. The molecule has 6 aromatic rings. The topological polar surface area (TPSA) is 41.9 Å². The molecule has 8 rings (SSSR count). The Balaban J connectivity index is 1.12. The Morgan fingerprint density at radius 1 is 0.500 bits per heavy atom. The summed E-state index contributed by atoms with van der Waals surface area (Å²) in [7, 11) is 0. The quantitative estimate of drug-likeness (QED) is 0.208. The highest BCUT2D eigenvalue weighted by Gasteiger charge is 2.46. The third kappa shape index (κ3) is 4.43. The number of nitrogens with zero attached hydrogens (tertiary/aromatic N) is 4. The van der Waals surface area contributed by atoms with Gasteiger partial charge in [-0.15, -0.1) is 0 Å². The lowest BCUT2D eigenvalue weighted by atomic mass is 9.80. The van der Waals surface area contributed by atoms with E-state index in [1.807, 2.05) is 60.7 Å². The fourth-order valence-electron chi connectivity index (χ4n) is 6.54. The van der Waals surface area contributed by atoms with E-state index in [-0.39, 0.29) is 5.54 Å². The van der Waals surface area contributed by atoms with Crippen LogP contribution in [0.4, 0.5) is 11.4 Å². The number of hydrogen-bond acceptors (Lipinski definition) is 4. The zero-order chi connectivity index (χ0) is 29.5.